The number of nitrogens with zero attached hydrogens (tertiary/aromatic N) is 1. The lowest BCUT2D eigenvalue weighted by molar-refractivity contribution is 0.339. The Kier molecular flexibility index (Phi) is 5.56. The fourth-order valence-electron chi connectivity index (χ4n) is 2.21. The SMILES string of the molecule is CCNC(Cc1nc(C)cs1)c1cccc(OCC)c1. The molecule has 0 aliphatic heterocycles. The quantitative estimate of drug-likeness (QED) is 0.843. The minimum Gasteiger partial charge on any atom is -0.494 e. The highest BCUT2D eigenvalue weighted by Crippen LogP contribution is 2.24. The van der Waals surface area contributed by atoms with E-state index in [1.54, 1.807) is 11.3 Å². The summed E-state index contributed by atoms with van der Waals surface area (Å²) < 4.78 is 5.59. The monoisotopic (exact) mass is 290 g/mol. The third-order valence-corrected chi connectivity index (χ3v) is 4.06. The Balaban J connectivity index is 2.16. The molecule has 0 aliphatic rings. The van der Waals surface area contributed by atoms with Crippen LogP contribution >= 0.6 is 11.3 Å². The summed E-state index contributed by atoms with van der Waals surface area (Å²) in [5.41, 5.74) is 2.36. The van der Waals surface area contributed by atoms with Crippen molar-refractivity contribution < 1.29 is 4.74 Å². The van der Waals surface area contributed by atoms with Crippen molar-refractivity contribution in [3.8, 4) is 5.75 Å². The first-order valence-corrected chi connectivity index (χ1v) is 7.98. The number of hydrogen-bond donors (Lipinski definition) is 1. The maximum atomic E-state index is 5.59. The van der Waals surface area contributed by atoms with Gasteiger partial charge in [0.25, 0.3) is 0 Å². The Hall–Kier alpha value is -1.39. The molecular formula is C16H22N2OS. The Morgan fingerprint density at radius 1 is 1.35 bits per heavy atom. The molecule has 108 valence electrons. The van der Waals surface area contributed by atoms with E-state index in [-0.39, 0.29) is 6.04 Å². The van der Waals surface area contributed by atoms with E-state index < -0.39 is 0 Å². The van der Waals surface area contributed by atoms with Gasteiger partial charge in [-0.25, -0.2) is 4.98 Å². The fourth-order valence-corrected chi connectivity index (χ4v) is 3.03. The van der Waals surface area contributed by atoms with Gasteiger partial charge in [-0.1, -0.05) is 19.1 Å². The van der Waals surface area contributed by atoms with Crippen LogP contribution in [0.3, 0.4) is 0 Å². The van der Waals surface area contributed by atoms with E-state index in [1.807, 2.05) is 19.9 Å². The van der Waals surface area contributed by atoms with Crippen LogP contribution in [0.15, 0.2) is 29.6 Å². The molecule has 0 bridgehead atoms. The van der Waals surface area contributed by atoms with Crippen LogP contribution in [-0.4, -0.2) is 18.1 Å². The van der Waals surface area contributed by atoms with E-state index in [1.165, 1.54) is 10.6 Å². The summed E-state index contributed by atoms with van der Waals surface area (Å²) in [7, 11) is 0. The molecule has 4 heteroatoms. The molecule has 0 aliphatic carbocycles. The number of thiazole rings is 1. The summed E-state index contributed by atoms with van der Waals surface area (Å²) in [5, 5.41) is 6.82. The Morgan fingerprint density at radius 3 is 2.85 bits per heavy atom. The largest absolute Gasteiger partial charge is 0.494 e. The van der Waals surface area contributed by atoms with Crippen LogP contribution in [-0.2, 0) is 6.42 Å². The minimum atomic E-state index is 0.283. The van der Waals surface area contributed by atoms with Crippen molar-refractivity contribution in [3.63, 3.8) is 0 Å². The Labute approximate surface area is 125 Å². The Morgan fingerprint density at radius 2 is 2.20 bits per heavy atom. The zero-order valence-corrected chi connectivity index (χ0v) is 13.2. The molecule has 0 saturated carbocycles. The van der Waals surface area contributed by atoms with E-state index in [9.17, 15) is 0 Å². The van der Waals surface area contributed by atoms with Gasteiger partial charge in [-0.3, -0.25) is 0 Å². The topological polar surface area (TPSA) is 34.2 Å². The average molecular weight is 290 g/mol. The van der Waals surface area contributed by atoms with Crippen molar-refractivity contribution in [2.45, 2.75) is 33.2 Å². The highest BCUT2D eigenvalue weighted by Gasteiger charge is 2.14. The van der Waals surface area contributed by atoms with Crippen LogP contribution in [0.5, 0.6) is 5.75 Å². The summed E-state index contributed by atoms with van der Waals surface area (Å²) in [6, 6.07) is 8.61. The number of nitrogens with one attached hydrogen (secondary N) is 1. The maximum absolute atomic E-state index is 5.59. The smallest absolute Gasteiger partial charge is 0.119 e. The standard InChI is InChI=1S/C16H22N2OS/c1-4-17-15(10-16-18-12(3)11-20-16)13-7-6-8-14(9-13)19-5-2/h6-9,11,15,17H,4-5,10H2,1-3H3. The van der Waals surface area contributed by atoms with E-state index in [0.29, 0.717) is 6.61 Å². The zero-order valence-electron chi connectivity index (χ0n) is 12.3. The van der Waals surface area contributed by atoms with Gasteiger partial charge in [0.1, 0.15) is 5.75 Å². The normalized spacial score (nSPS) is 12.3. The molecule has 1 aromatic heterocycles. The molecule has 20 heavy (non-hydrogen) atoms. The van der Waals surface area contributed by atoms with Crippen LogP contribution < -0.4 is 10.1 Å². The molecule has 0 spiro atoms. The van der Waals surface area contributed by atoms with Crippen molar-refractivity contribution in [2.75, 3.05) is 13.2 Å². The van der Waals surface area contributed by atoms with Gasteiger partial charge in [0.15, 0.2) is 0 Å². The van der Waals surface area contributed by atoms with Crippen molar-refractivity contribution in [2.24, 2.45) is 0 Å². The highest BCUT2D eigenvalue weighted by molar-refractivity contribution is 7.09. The van der Waals surface area contributed by atoms with Gasteiger partial charge in [0.05, 0.1) is 11.6 Å². The van der Waals surface area contributed by atoms with Crippen LogP contribution in [0.1, 0.15) is 36.2 Å². The lowest BCUT2D eigenvalue weighted by atomic mass is 10.0. The molecule has 0 fully saturated rings. The van der Waals surface area contributed by atoms with Gasteiger partial charge in [-0.2, -0.15) is 0 Å². The molecule has 1 unspecified atom stereocenters. The van der Waals surface area contributed by atoms with Gasteiger partial charge in [-0.05, 0) is 38.1 Å². The summed E-state index contributed by atoms with van der Waals surface area (Å²) in [6.07, 6.45) is 0.919. The number of aryl methyl sites for hydroxylation is 1. The molecule has 1 aromatic carbocycles. The predicted molar refractivity (Wildman–Crippen MR) is 84.6 cm³/mol. The number of ether oxygens (including phenoxy) is 1. The molecular weight excluding hydrogens is 268 g/mol. The van der Waals surface area contributed by atoms with Crippen LogP contribution in [0.4, 0.5) is 0 Å². The molecule has 0 amide bonds. The van der Waals surface area contributed by atoms with Crippen molar-refractivity contribution in [3.05, 3.63) is 45.9 Å². The highest BCUT2D eigenvalue weighted by atomic mass is 32.1. The van der Waals surface area contributed by atoms with Gasteiger partial charge in [-0.15, -0.1) is 11.3 Å². The number of benzene rings is 1. The molecule has 0 saturated heterocycles. The molecule has 2 rings (SSSR count). The molecule has 2 aromatic rings. The predicted octanol–water partition coefficient (Wildman–Crippen LogP) is 3.74. The average Bonchev–Trinajstić information content (AvgIpc) is 2.84. The zero-order chi connectivity index (χ0) is 14.4. The van der Waals surface area contributed by atoms with Crippen LogP contribution in [0, 0.1) is 6.92 Å². The maximum Gasteiger partial charge on any atom is 0.119 e. The first-order chi connectivity index (χ1) is 9.72. The van der Waals surface area contributed by atoms with E-state index in [0.717, 1.165) is 24.4 Å². The summed E-state index contributed by atoms with van der Waals surface area (Å²) in [6.45, 7) is 7.81. The van der Waals surface area contributed by atoms with Crippen molar-refractivity contribution in [1.82, 2.24) is 10.3 Å². The van der Waals surface area contributed by atoms with Gasteiger partial charge in [0, 0.05) is 23.5 Å². The second-order valence-electron chi connectivity index (χ2n) is 4.70. The first kappa shape index (κ1) is 15.0. The van der Waals surface area contributed by atoms with Gasteiger partial charge in [0.2, 0.25) is 0 Å². The molecule has 1 heterocycles. The minimum absolute atomic E-state index is 0.283. The number of likely N-dealkylation sites (N-methyl/N-ethyl adjacent to an activating group) is 1. The molecule has 3 nitrogen and oxygen atoms in total. The van der Waals surface area contributed by atoms with E-state index >= 15 is 0 Å². The summed E-state index contributed by atoms with van der Waals surface area (Å²) in [4.78, 5) is 4.56. The fraction of sp³-hybridized carbons (Fsp3) is 0.438. The lowest BCUT2D eigenvalue weighted by Crippen LogP contribution is -2.23. The van der Waals surface area contributed by atoms with E-state index in [4.69, 9.17) is 4.74 Å². The van der Waals surface area contributed by atoms with Crippen molar-refractivity contribution >= 4 is 11.3 Å². The van der Waals surface area contributed by atoms with Crippen molar-refractivity contribution in [1.29, 1.82) is 0 Å². The molecule has 0 radical (unpaired) electrons. The first-order valence-electron chi connectivity index (χ1n) is 7.10. The van der Waals surface area contributed by atoms with Gasteiger partial charge >= 0.3 is 0 Å². The molecule has 1 N–H and O–H groups in total. The molecule has 1 atom stereocenters. The van der Waals surface area contributed by atoms with E-state index in [2.05, 4.69) is 40.8 Å². The number of aromatic nitrogens is 1. The third-order valence-electron chi connectivity index (χ3n) is 3.07. The summed E-state index contributed by atoms with van der Waals surface area (Å²) >= 11 is 1.73. The second-order valence-corrected chi connectivity index (χ2v) is 5.65. The number of hydrogen-bond acceptors (Lipinski definition) is 4. The lowest BCUT2D eigenvalue weighted by Gasteiger charge is -2.18. The van der Waals surface area contributed by atoms with Crippen LogP contribution in [0.25, 0.3) is 0 Å². The summed E-state index contributed by atoms with van der Waals surface area (Å²) in [5.74, 6) is 0.934. The third kappa shape index (κ3) is 4.05. The second kappa shape index (κ2) is 7.41. The van der Waals surface area contributed by atoms with Gasteiger partial charge < -0.3 is 10.1 Å². The Bertz CT molecular complexity index is 539. The van der Waals surface area contributed by atoms with Crippen LogP contribution in [0.2, 0.25) is 0 Å². The number of rotatable bonds is 7.